The molecular formula is C16H22N4O3. The van der Waals surface area contributed by atoms with Crippen molar-refractivity contribution in [1.82, 2.24) is 19.9 Å². The Balaban J connectivity index is 2.17. The van der Waals surface area contributed by atoms with E-state index in [0.717, 1.165) is 0 Å². The summed E-state index contributed by atoms with van der Waals surface area (Å²) in [7, 11) is 1.41. The molecule has 1 amide bonds. The number of ether oxygens (including phenoxy) is 1. The lowest BCUT2D eigenvalue weighted by atomic mass is 9.86. The van der Waals surface area contributed by atoms with E-state index in [1.807, 2.05) is 31.5 Å². The lowest BCUT2D eigenvalue weighted by Crippen LogP contribution is -2.46. The summed E-state index contributed by atoms with van der Waals surface area (Å²) in [6.07, 6.45) is 6.64. The molecular weight excluding hydrogens is 296 g/mol. The number of aromatic nitrogens is 3. The molecule has 0 unspecified atom stereocenters. The Morgan fingerprint density at radius 1 is 1.48 bits per heavy atom. The van der Waals surface area contributed by atoms with Crippen LogP contribution in [0.15, 0.2) is 35.8 Å². The predicted octanol–water partition coefficient (Wildman–Crippen LogP) is 1.42. The second-order valence-corrected chi connectivity index (χ2v) is 6.43. The highest BCUT2D eigenvalue weighted by Crippen LogP contribution is 2.21. The Kier molecular flexibility index (Phi) is 4.88. The zero-order chi connectivity index (χ0) is 17.0. The average Bonchev–Trinajstić information content (AvgIpc) is 2.98. The van der Waals surface area contributed by atoms with Crippen LogP contribution < -0.4 is 15.5 Å². The van der Waals surface area contributed by atoms with Crippen molar-refractivity contribution in [3.05, 3.63) is 46.9 Å². The molecule has 0 fully saturated rings. The molecule has 0 aliphatic rings. The van der Waals surface area contributed by atoms with Crippen LogP contribution in [0.3, 0.4) is 0 Å². The fraction of sp³-hybridized carbons (Fsp3) is 0.438. The van der Waals surface area contributed by atoms with Gasteiger partial charge in [0.05, 0.1) is 19.5 Å². The summed E-state index contributed by atoms with van der Waals surface area (Å²) in [6, 6.07) is 1.11. The van der Waals surface area contributed by atoms with Crippen LogP contribution in [0, 0.1) is 5.41 Å². The summed E-state index contributed by atoms with van der Waals surface area (Å²) in [4.78, 5) is 31.0. The van der Waals surface area contributed by atoms with E-state index in [0.29, 0.717) is 6.54 Å². The van der Waals surface area contributed by atoms with E-state index in [4.69, 9.17) is 4.74 Å². The van der Waals surface area contributed by atoms with Crippen molar-refractivity contribution < 1.29 is 9.53 Å². The molecule has 124 valence electrons. The first-order valence-electron chi connectivity index (χ1n) is 7.34. The number of aromatic amines is 1. The van der Waals surface area contributed by atoms with Gasteiger partial charge in [0.25, 0.3) is 5.91 Å². The summed E-state index contributed by atoms with van der Waals surface area (Å²) in [6.45, 7) is 6.73. The molecule has 2 heterocycles. The number of imidazole rings is 1. The molecule has 7 heteroatoms. The van der Waals surface area contributed by atoms with E-state index in [-0.39, 0.29) is 34.2 Å². The number of methoxy groups -OCH3 is 1. The SMILES string of the molecule is COc1c[nH]c(C(=O)N[C@@H](Cn2ccnc2)C(C)(C)C)cc1=O. The molecule has 1 atom stereocenters. The Hall–Kier alpha value is -2.57. The number of nitrogens with zero attached hydrogens (tertiary/aromatic N) is 2. The fourth-order valence-corrected chi connectivity index (χ4v) is 2.13. The van der Waals surface area contributed by atoms with Crippen molar-refractivity contribution in [1.29, 1.82) is 0 Å². The summed E-state index contributed by atoms with van der Waals surface area (Å²) < 4.78 is 6.81. The van der Waals surface area contributed by atoms with Gasteiger partial charge in [0, 0.05) is 31.2 Å². The van der Waals surface area contributed by atoms with Gasteiger partial charge in [-0.1, -0.05) is 20.8 Å². The van der Waals surface area contributed by atoms with Gasteiger partial charge in [-0.15, -0.1) is 0 Å². The molecule has 2 aromatic heterocycles. The maximum atomic E-state index is 12.4. The lowest BCUT2D eigenvalue weighted by Gasteiger charge is -2.31. The number of amides is 1. The van der Waals surface area contributed by atoms with Crippen molar-refractivity contribution in [3.63, 3.8) is 0 Å². The van der Waals surface area contributed by atoms with Crippen LogP contribution >= 0.6 is 0 Å². The predicted molar refractivity (Wildman–Crippen MR) is 86.6 cm³/mol. The molecule has 0 aliphatic carbocycles. The Bertz CT molecular complexity index is 714. The van der Waals surface area contributed by atoms with Crippen molar-refractivity contribution in [2.24, 2.45) is 5.41 Å². The Labute approximate surface area is 134 Å². The number of hydrogen-bond acceptors (Lipinski definition) is 4. The minimum absolute atomic E-state index is 0.130. The van der Waals surface area contributed by atoms with E-state index >= 15 is 0 Å². The first-order valence-corrected chi connectivity index (χ1v) is 7.34. The van der Waals surface area contributed by atoms with Crippen molar-refractivity contribution in [3.8, 4) is 5.75 Å². The van der Waals surface area contributed by atoms with Crippen LogP contribution in [0.2, 0.25) is 0 Å². The fourth-order valence-electron chi connectivity index (χ4n) is 2.13. The van der Waals surface area contributed by atoms with E-state index in [9.17, 15) is 9.59 Å². The van der Waals surface area contributed by atoms with Crippen LogP contribution in [-0.2, 0) is 6.54 Å². The number of nitrogens with one attached hydrogen (secondary N) is 2. The summed E-state index contributed by atoms with van der Waals surface area (Å²) in [5, 5.41) is 2.98. The smallest absolute Gasteiger partial charge is 0.268 e. The molecule has 2 N–H and O–H groups in total. The molecule has 0 aromatic carbocycles. The average molecular weight is 318 g/mol. The van der Waals surface area contributed by atoms with Gasteiger partial charge in [-0.05, 0) is 5.41 Å². The topological polar surface area (TPSA) is 89.0 Å². The highest BCUT2D eigenvalue weighted by atomic mass is 16.5. The molecule has 0 saturated carbocycles. The van der Waals surface area contributed by atoms with E-state index in [1.165, 1.54) is 19.4 Å². The lowest BCUT2D eigenvalue weighted by molar-refractivity contribution is 0.0887. The summed E-state index contributed by atoms with van der Waals surface area (Å²) in [5.41, 5.74) is -0.291. The minimum Gasteiger partial charge on any atom is -0.491 e. The minimum atomic E-state index is -0.335. The van der Waals surface area contributed by atoms with Crippen LogP contribution in [0.1, 0.15) is 31.3 Å². The third-order valence-corrected chi connectivity index (χ3v) is 3.64. The third-order valence-electron chi connectivity index (χ3n) is 3.64. The Morgan fingerprint density at radius 3 is 2.74 bits per heavy atom. The van der Waals surface area contributed by atoms with Gasteiger partial charge >= 0.3 is 0 Å². The molecule has 0 bridgehead atoms. The molecule has 0 radical (unpaired) electrons. The molecule has 7 nitrogen and oxygen atoms in total. The zero-order valence-electron chi connectivity index (χ0n) is 13.8. The monoisotopic (exact) mass is 318 g/mol. The first-order chi connectivity index (χ1) is 10.8. The van der Waals surface area contributed by atoms with Crippen LogP contribution in [0.5, 0.6) is 5.75 Å². The van der Waals surface area contributed by atoms with Crippen LogP contribution in [-0.4, -0.2) is 33.6 Å². The van der Waals surface area contributed by atoms with Crippen molar-refractivity contribution in [2.45, 2.75) is 33.4 Å². The van der Waals surface area contributed by atoms with Crippen LogP contribution in [0.4, 0.5) is 0 Å². The molecule has 0 saturated heterocycles. The first kappa shape index (κ1) is 16.8. The third kappa shape index (κ3) is 4.21. The van der Waals surface area contributed by atoms with Gasteiger partial charge in [-0.3, -0.25) is 9.59 Å². The van der Waals surface area contributed by atoms with Gasteiger partial charge in [-0.25, -0.2) is 4.98 Å². The zero-order valence-corrected chi connectivity index (χ0v) is 13.8. The maximum Gasteiger partial charge on any atom is 0.268 e. The van der Waals surface area contributed by atoms with Gasteiger partial charge in [0.1, 0.15) is 5.69 Å². The normalized spacial score (nSPS) is 12.7. The molecule has 2 rings (SSSR count). The highest BCUT2D eigenvalue weighted by molar-refractivity contribution is 5.92. The second kappa shape index (κ2) is 6.68. The standard InChI is InChI=1S/C16H22N4O3/c1-16(2,3)14(9-20-6-5-17-10-20)19-15(22)11-7-12(21)13(23-4)8-18-11/h5-8,10,14H,9H2,1-4H3,(H,18,21)(H,19,22)/t14-/m0/s1. The molecule has 23 heavy (non-hydrogen) atoms. The summed E-state index contributed by atoms with van der Waals surface area (Å²) in [5.74, 6) is -0.155. The van der Waals surface area contributed by atoms with E-state index < -0.39 is 0 Å². The maximum absolute atomic E-state index is 12.4. The van der Waals surface area contributed by atoms with Crippen molar-refractivity contribution in [2.75, 3.05) is 7.11 Å². The number of hydrogen-bond donors (Lipinski definition) is 2. The number of pyridine rings is 1. The van der Waals surface area contributed by atoms with E-state index in [1.54, 1.807) is 12.5 Å². The van der Waals surface area contributed by atoms with Gasteiger partial charge in [0.15, 0.2) is 5.75 Å². The number of carbonyl (C=O) groups excluding carboxylic acids is 1. The Morgan fingerprint density at radius 2 is 2.22 bits per heavy atom. The van der Waals surface area contributed by atoms with E-state index in [2.05, 4.69) is 15.3 Å². The van der Waals surface area contributed by atoms with Crippen LogP contribution in [0.25, 0.3) is 0 Å². The largest absolute Gasteiger partial charge is 0.491 e. The van der Waals surface area contributed by atoms with Gasteiger partial charge < -0.3 is 19.6 Å². The number of H-pyrrole nitrogens is 1. The molecule has 0 spiro atoms. The van der Waals surface area contributed by atoms with Gasteiger partial charge in [-0.2, -0.15) is 0 Å². The second-order valence-electron chi connectivity index (χ2n) is 6.43. The summed E-state index contributed by atoms with van der Waals surface area (Å²) >= 11 is 0. The molecule has 0 aliphatic heterocycles. The molecule has 2 aromatic rings. The quantitative estimate of drug-likeness (QED) is 0.872. The number of rotatable bonds is 5. The van der Waals surface area contributed by atoms with Gasteiger partial charge in [0.2, 0.25) is 5.43 Å². The number of carbonyl (C=O) groups is 1. The highest BCUT2D eigenvalue weighted by Gasteiger charge is 2.27. The van der Waals surface area contributed by atoms with Crippen molar-refractivity contribution >= 4 is 5.91 Å².